The highest BCUT2D eigenvalue weighted by atomic mass is 32.2. The molecule has 4 N–H and O–H groups in total. The summed E-state index contributed by atoms with van der Waals surface area (Å²) in [6, 6.07) is 12.2. The fourth-order valence-corrected chi connectivity index (χ4v) is 7.30. The monoisotopic (exact) mass is 664 g/mol. The van der Waals surface area contributed by atoms with Gasteiger partial charge in [-0.25, -0.2) is 26.3 Å². The van der Waals surface area contributed by atoms with E-state index in [0.29, 0.717) is 50.3 Å². The minimum atomic E-state index is -3.64. The van der Waals surface area contributed by atoms with E-state index < -0.39 is 20.0 Å². The van der Waals surface area contributed by atoms with Crippen LogP contribution in [0.4, 0.5) is 11.4 Å². The van der Waals surface area contributed by atoms with Crippen LogP contribution < -0.4 is 20.1 Å². The molecule has 45 heavy (non-hydrogen) atoms. The van der Waals surface area contributed by atoms with Crippen molar-refractivity contribution in [2.75, 3.05) is 36.9 Å². The maximum Gasteiger partial charge on any atom is 0.240 e. The van der Waals surface area contributed by atoms with E-state index in [0.717, 1.165) is 44.9 Å². The number of unbranched alkanes of at least 4 members (excludes halogenated alkanes) is 4. The molecular formula is C31H44N4O8S2. The topological polar surface area (TPSA) is 169 Å². The van der Waals surface area contributed by atoms with Crippen molar-refractivity contribution in [1.29, 1.82) is 0 Å². The summed E-state index contributed by atoms with van der Waals surface area (Å²) < 4.78 is 66.0. The zero-order valence-corrected chi connectivity index (χ0v) is 27.1. The van der Waals surface area contributed by atoms with Crippen LogP contribution in [0.3, 0.4) is 0 Å². The molecular weight excluding hydrogens is 620 g/mol. The third-order valence-electron chi connectivity index (χ3n) is 7.75. The molecule has 0 aliphatic carbocycles. The molecule has 2 aromatic rings. The average Bonchev–Trinajstić information content (AvgIpc) is 3.74. The van der Waals surface area contributed by atoms with Gasteiger partial charge in [0.05, 0.1) is 22.0 Å². The van der Waals surface area contributed by atoms with Gasteiger partial charge in [-0.1, -0.05) is 19.3 Å². The van der Waals surface area contributed by atoms with E-state index >= 15 is 0 Å². The number of carbonyl (C=O) groups excluding carboxylic acids is 2. The Morgan fingerprint density at radius 3 is 1.33 bits per heavy atom. The van der Waals surface area contributed by atoms with Crippen molar-refractivity contribution < 1.29 is 35.9 Å². The number of amides is 2. The molecule has 2 aliphatic heterocycles. The Hall–Kier alpha value is -2.88. The van der Waals surface area contributed by atoms with E-state index in [-0.39, 0.29) is 46.9 Å². The minimum Gasteiger partial charge on any atom is -0.377 e. The van der Waals surface area contributed by atoms with Crippen molar-refractivity contribution in [3.05, 3.63) is 48.5 Å². The van der Waals surface area contributed by atoms with E-state index in [4.69, 9.17) is 9.47 Å². The summed E-state index contributed by atoms with van der Waals surface area (Å²) >= 11 is 0. The summed E-state index contributed by atoms with van der Waals surface area (Å²) in [5.41, 5.74) is 1.07. The highest BCUT2D eigenvalue weighted by molar-refractivity contribution is 7.89. The van der Waals surface area contributed by atoms with E-state index in [9.17, 15) is 26.4 Å². The first-order valence-corrected chi connectivity index (χ1v) is 18.6. The highest BCUT2D eigenvalue weighted by Gasteiger charge is 2.21. The third kappa shape index (κ3) is 11.8. The van der Waals surface area contributed by atoms with Gasteiger partial charge < -0.3 is 20.1 Å². The zero-order chi connectivity index (χ0) is 32.1. The third-order valence-corrected chi connectivity index (χ3v) is 10.6. The highest BCUT2D eigenvalue weighted by Crippen LogP contribution is 2.18. The number of rotatable bonds is 18. The molecule has 0 spiro atoms. The number of hydrogen-bond acceptors (Lipinski definition) is 8. The van der Waals surface area contributed by atoms with Crippen molar-refractivity contribution in [2.45, 2.75) is 92.6 Å². The van der Waals surface area contributed by atoms with E-state index in [1.807, 2.05) is 0 Å². The van der Waals surface area contributed by atoms with Gasteiger partial charge in [-0.05, 0) is 87.1 Å². The maximum atomic E-state index is 12.5. The number of ether oxygens (including phenoxy) is 2. The van der Waals surface area contributed by atoms with Crippen LogP contribution in [-0.4, -0.2) is 67.2 Å². The van der Waals surface area contributed by atoms with Crippen LogP contribution in [0, 0.1) is 0 Å². The fourth-order valence-electron chi connectivity index (χ4n) is 5.17. The summed E-state index contributed by atoms with van der Waals surface area (Å²) in [6.45, 7) is 1.80. The summed E-state index contributed by atoms with van der Waals surface area (Å²) in [5.74, 6) is -0.280. The smallest absolute Gasteiger partial charge is 0.240 e. The van der Waals surface area contributed by atoms with Crippen molar-refractivity contribution in [1.82, 2.24) is 9.44 Å². The summed E-state index contributed by atoms with van der Waals surface area (Å²) in [4.78, 5) is 24.9. The molecule has 12 nitrogen and oxygen atoms in total. The molecule has 0 bridgehead atoms. The molecule has 0 aromatic heterocycles. The first-order valence-electron chi connectivity index (χ1n) is 15.6. The number of sulfonamides is 2. The summed E-state index contributed by atoms with van der Waals surface area (Å²) in [7, 11) is -7.29. The SMILES string of the molecule is O=C(CCCCCCCC(=O)Nc1ccc(S(=O)(=O)NCC2CCCO2)cc1)Nc1ccc(S(=O)(=O)NCC2CCCO2)cc1. The lowest BCUT2D eigenvalue weighted by Crippen LogP contribution is -2.31. The Morgan fingerprint density at radius 2 is 0.978 bits per heavy atom. The molecule has 0 radical (unpaired) electrons. The number of carbonyl (C=O) groups is 2. The first-order chi connectivity index (χ1) is 21.6. The van der Waals surface area contributed by atoms with Gasteiger partial charge in [-0.3, -0.25) is 9.59 Å². The average molecular weight is 665 g/mol. The molecule has 248 valence electrons. The molecule has 2 heterocycles. The van der Waals surface area contributed by atoms with Gasteiger partial charge in [0.15, 0.2) is 0 Å². The maximum absolute atomic E-state index is 12.5. The molecule has 2 aliphatic rings. The van der Waals surface area contributed by atoms with Gasteiger partial charge >= 0.3 is 0 Å². The van der Waals surface area contributed by atoms with Crippen molar-refractivity contribution in [2.24, 2.45) is 0 Å². The lowest BCUT2D eigenvalue weighted by Gasteiger charge is -2.12. The summed E-state index contributed by atoms with van der Waals surface area (Å²) in [6.07, 6.45) is 8.06. The molecule has 2 aromatic carbocycles. The quantitative estimate of drug-likeness (QED) is 0.174. The Morgan fingerprint density at radius 1 is 0.600 bits per heavy atom. The van der Waals surface area contributed by atoms with Crippen LogP contribution in [0.2, 0.25) is 0 Å². The molecule has 2 amide bonds. The molecule has 2 fully saturated rings. The van der Waals surface area contributed by atoms with E-state index in [1.54, 1.807) is 24.3 Å². The van der Waals surface area contributed by atoms with Crippen LogP contribution in [0.15, 0.2) is 58.3 Å². The van der Waals surface area contributed by atoms with Gasteiger partial charge in [0.1, 0.15) is 0 Å². The Bertz CT molecular complexity index is 1340. The normalized spacial score (nSPS) is 18.6. The van der Waals surface area contributed by atoms with Crippen molar-refractivity contribution >= 4 is 43.2 Å². The second kappa shape index (κ2) is 17.2. The largest absolute Gasteiger partial charge is 0.377 e. The molecule has 2 atom stereocenters. The van der Waals surface area contributed by atoms with Gasteiger partial charge in [0, 0.05) is 50.5 Å². The molecule has 2 saturated heterocycles. The van der Waals surface area contributed by atoms with Crippen LogP contribution in [0.5, 0.6) is 0 Å². The van der Waals surface area contributed by atoms with E-state index in [2.05, 4.69) is 20.1 Å². The van der Waals surface area contributed by atoms with Gasteiger partial charge in [-0.15, -0.1) is 0 Å². The van der Waals surface area contributed by atoms with Crippen molar-refractivity contribution in [3.63, 3.8) is 0 Å². The van der Waals surface area contributed by atoms with Crippen molar-refractivity contribution in [3.8, 4) is 0 Å². The Labute approximate surface area is 266 Å². The van der Waals surface area contributed by atoms with Gasteiger partial charge in [0.2, 0.25) is 31.9 Å². The number of nitrogens with one attached hydrogen (secondary N) is 4. The standard InChI is InChI=1S/C31H44N4O8S2/c36-30(34-24-12-16-28(17-13-24)44(38,39)32-22-26-8-6-20-42-26)10-4-2-1-3-5-11-31(37)35-25-14-18-29(19-15-25)45(40,41)33-23-27-9-7-21-43-27/h12-19,26-27,32-33H,1-11,20-23H2,(H,34,36)(H,35,37). The summed E-state index contributed by atoms with van der Waals surface area (Å²) in [5, 5.41) is 5.60. The number of anilines is 2. The molecule has 2 unspecified atom stereocenters. The van der Waals surface area contributed by atoms with Gasteiger partial charge in [0.25, 0.3) is 0 Å². The van der Waals surface area contributed by atoms with Gasteiger partial charge in [-0.2, -0.15) is 0 Å². The molecule has 4 rings (SSSR count). The Balaban J connectivity index is 1.05. The minimum absolute atomic E-state index is 0.0894. The van der Waals surface area contributed by atoms with Crippen LogP contribution in [0.25, 0.3) is 0 Å². The predicted molar refractivity (Wildman–Crippen MR) is 171 cm³/mol. The fraction of sp³-hybridized carbons (Fsp3) is 0.548. The zero-order valence-electron chi connectivity index (χ0n) is 25.5. The second-order valence-corrected chi connectivity index (χ2v) is 14.9. The Kier molecular flexibility index (Phi) is 13.3. The molecule has 14 heteroatoms. The van der Waals surface area contributed by atoms with E-state index in [1.165, 1.54) is 24.3 Å². The van der Waals surface area contributed by atoms with Crippen LogP contribution in [-0.2, 0) is 39.1 Å². The lowest BCUT2D eigenvalue weighted by atomic mass is 10.1. The number of benzene rings is 2. The van der Waals surface area contributed by atoms with Crippen LogP contribution in [0.1, 0.15) is 70.6 Å². The lowest BCUT2D eigenvalue weighted by molar-refractivity contribution is -0.117. The van der Waals surface area contributed by atoms with Crippen LogP contribution >= 0.6 is 0 Å². The predicted octanol–water partition coefficient (Wildman–Crippen LogP) is 3.91. The molecule has 0 saturated carbocycles. The second-order valence-electron chi connectivity index (χ2n) is 11.4. The first kappa shape index (κ1) is 35.0. The number of hydrogen-bond donors (Lipinski definition) is 4.